The van der Waals surface area contributed by atoms with Gasteiger partial charge in [0.25, 0.3) is 10.0 Å². The van der Waals surface area contributed by atoms with Crippen LogP contribution in [-0.4, -0.2) is 31.0 Å². The largest absolute Gasteiger partial charge is 0.299 e. The van der Waals surface area contributed by atoms with Crippen LogP contribution in [0.15, 0.2) is 65.6 Å². The topological polar surface area (TPSA) is 71.5 Å². The summed E-state index contributed by atoms with van der Waals surface area (Å²) in [5, 5.41) is 0. The van der Waals surface area contributed by atoms with Crippen LogP contribution in [0.4, 0.5) is 0 Å². The minimum atomic E-state index is -3.96. The van der Waals surface area contributed by atoms with Crippen LogP contribution in [-0.2, 0) is 19.6 Å². The zero-order valence-corrected chi connectivity index (χ0v) is 13.9. The first-order valence-electron chi connectivity index (χ1n) is 7.60. The van der Waals surface area contributed by atoms with Crippen molar-refractivity contribution in [3.63, 3.8) is 0 Å². The number of hydrogen-bond acceptors (Lipinski definition) is 4. The van der Waals surface area contributed by atoms with Gasteiger partial charge in [-0.1, -0.05) is 48.5 Å². The summed E-state index contributed by atoms with van der Waals surface area (Å²) in [5.41, 5.74) is 0.789. The Labute approximate surface area is 141 Å². The van der Waals surface area contributed by atoms with Crippen molar-refractivity contribution in [2.24, 2.45) is 5.92 Å². The van der Waals surface area contributed by atoms with E-state index in [4.69, 9.17) is 0 Å². The van der Waals surface area contributed by atoms with Gasteiger partial charge in [-0.15, -0.1) is 0 Å². The Kier molecular flexibility index (Phi) is 4.24. The number of nitrogens with zero attached hydrogens (tertiary/aromatic N) is 1. The third-order valence-electron chi connectivity index (χ3n) is 4.27. The lowest BCUT2D eigenvalue weighted by molar-refractivity contribution is -0.133. The number of hydrogen-bond donors (Lipinski definition) is 0. The van der Waals surface area contributed by atoms with E-state index < -0.39 is 27.8 Å². The van der Waals surface area contributed by atoms with Crippen LogP contribution >= 0.6 is 0 Å². The highest BCUT2D eigenvalue weighted by atomic mass is 32.2. The average Bonchev–Trinajstić information content (AvgIpc) is 2.95. The molecule has 24 heavy (non-hydrogen) atoms. The van der Waals surface area contributed by atoms with Crippen molar-refractivity contribution in [3.05, 3.63) is 66.2 Å². The predicted molar refractivity (Wildman–Crippen MR) is 88.7 cm³/mol. The summed E-state index contributed by atoms with van der Waals surface area (Å²) < 4.78 is 26.4. The molecule has 6 heteroatoms. The number of ketones is 1. The number of Topliss-reactive ketones (excluding diaryl/α,β-unsaturated/α-hetero) is 1. The minimum absolute atomic E-state index is 0.0235. The van der Waals surface area contributed by atoms with Crippen LogP contribution in [0.5, 0.6) is 0 Å². The van der Waals surface area contributed by atoms with Crippen molar-refractivity contribution >= 4 is 21.7 Å². The van der Waals surface area contributed by atoms with Gasteiger partial charge in [0.05, 0.1) is 4.90 Å². The Balaban J connectivity index is 2.03. The van der Waals surface area contributed by atoms with Gasteiger partial charge < -0.3 is 0 Å². The van der Waals surface area contributed by atoms with E-state index in [0.29, 0.717) is 0 Å². The van der Waals surface area contributed by atoms with Gasteiger partial charge in [-0.25, -0.2) is 12.7 Å². The maximum atomic E-state index is 12.8. The van der Waals surface area contributed by atoms with Crippen LogP contribution in [0.3, 0.4) is 0 Å². The molecule has 0 spiro atoms. The van der Waals surface area contributed by atoms with Gasteiger partial charge in [-0.05, 0) is 24.6 Å². The molecule has 0 aromatic heterocycles. The Morgan fingerprint density at radius 2 is 1.54 bits per heavy atom. The first-order valence-corrected chi connectivity index (χ1v) is 9.04. The number of benzene rings is 2. The number of rotatable bonds is 4. The molecule has 0 aliphatic carbocycles. The molecule has 0 bridgehead atoms. The van der Waals surface area contributed by atoms with Crippen molar-refractivity contribution in [1.29, 1.82) is 0 Å². The standard InChI is InChI=1S/C18H17NO4S/c1-13(20)17-16(14-8-4-2-5-9-14)12-19(18(17)21)24(22,23)15-10-6-3-7-11-15/h2-11,16-17H,12H2,1H3/t16-,17+/m0/s1. The lowest BCUT2D eigenvalue weighted by atomic mass is 9.86. The lowest BCUT2D eigenvalue weighted by Gasteiger charge is -2.17. The second-order valence-electron chi connectivity index (χ2n) is 5.79. The molecular formula is C18H17NO4S. The first kappa shape index (κ1) is 16.4. The quantitative estimate of drug-likeness (QED) is 0.798. The Bertz CT molecular complexity index is 862. The fourth-order valence-electron chi connectivity index (χ4n) is 3.09. The molecule has 124 valence electrons. The fraction of sp³-hybridized carbons (Fsp3) is 0.222. The van der Waals surface area contributed by atoms with Crippen LogP contribution < -0.4 is 0 Å². The molecule has 1 aliphatic heterocycles. The summed E-state index contributed by atoms with van der Waals surface area (Å²) in [6.45, 7) is 1.31. The summed E-state index contributed by atoms with van der Waals surface area (Å²) in [6.07, 6.45) is 0. The minimum Gasteiger partial charge on any atom is -0.299 e. The molecule has 5 nitrogen and oxygen atoms in total. The van der Waals surface area contributed by atoms with E-state index in [1.54, 1.807) is 18.2 Å². The second kappa shape index (κ2) is 6.20. The predicted octanol–water partition coefficient (Wildman–Crippen LogP) is 2.21. The summed E-state index contributed by atoms with van der Waals surface area (Å²) in [4.78, 5) is 24.7. The Morgan fingerprint density at radius 1 is 1.00 bits per heavy atom. The monoisotopic (exact) mass is 343 g/mol. The van der Waals surface area contributed by atoms with Gasteiger partial charge in [0.2, 0.25) is 5.91 Å². The van der Waals surface area contributed by atoms with Crippen molar-refractivity contribution in [3.8, 4) is 0 Å². The van der Waals surface area contributed by atoms with E-state index in [0.717, 1.165) is 9.87 Å². The summed E-state index contributed by atoms with van der Waals surface area (Å²) in [5.74, 6) is -2.40. The third-order valence-corrected chi connectivity index (χ3v) is 6.05. The lowest BCUT2D eigenvalue weighted by Crippen LogP contribution is -2.35. The Hall–Kier alpha value is -2.47. The molecule has 1 heterocycles. The molecule has 0 radical (unpaired) electrons. The highest BCUT2D eigenvalue weighted by Gasteiger charge is 2.48. The van der Waals surface area contributed by atoms with Crippen molar-refractivity contribution < 1.29 is 18.0 Å². The van der Waals surface area contributed by atoms with E-state index in [1.165, 1.54) is 19.1 Å². The molecule has 1 amide bonds. The van der Waals surface area contributed by atoms with Crippen LogP contribution in [0.2, 0.25) is 0 Å². The summed E-state index contributed by atoms with van der Waals surface area (Å²) >= 11 is 0. The molecule has 2 aromatic rings. The van der Waals surface area contributed by atoms with Gasteiger partial charge in [0.1, 0.15) is 11.7 Å². The molecule has 2 atom stereocenters. The van der Waals surface area contributed by atoms with Crippen molar-refractivity contribution in [2.75, 3.05) is 6.54 Å². The van der Waals surface area contributed by atoms with Gasteiger partial charge in [0, 0.05) is 12.5 Å². The smallest absolute Gasteiger partial charge is 0.266 e. The number of sulfonamides is 1. The number of carbonyl (C=O) groups excluding carboxylic acids is 2. The third kappa shape index (κ3) is 2.73. The maximum Gasteiger partial charge on any atom is 0.266 e. The maximum absolute atomic E-state index is 12.8. The summed E-state index contributed by atoms with van der Waals surface area (Å²) in [6, 6.07) is 16.9. The van der Waals surface area contributed by atoms with E-state index in [-0.39, 0.29) is 17.2 Å². The average molecular weight is 343 g/mol. The Morgan fingerprint density at radius 3 is 2.08 bits per heavy atom. The molecule has 1 aliphatic rings. The molecule has 3 rings (SSSR count). The van der Waals surface area contributed by atoms with Crippen molar-refractivity contribution in [1.82, 2.24) is 4.31 Å². The molecule has 0 N–H and O–H groups in total. The van der Waals surface area contributed by atoms with Crippen LogP contribution in [0.1, 0.15) is 18.4 Å². The van der Waals surface area contributed by atoms with Crippen LogP contribution in [0.25, 0.3) is 0 Å². The van der Waals surface area contributed by atoms with Gasteiger partial charge in [-0.2, -0.15) is 0 Å². The van der Waals surface area contributed by atoms with E-state index in [1.807, 2.05) is 30.3 Å². The molecule has 1 fully saturated rings. The molecule has 0 saturated carbocycles. The SMILES string of the molecule is CC(=O)[C@H]1C(=O)N(S(=O)(=O)c2ccccc2)C[C@H]1c1ccccc1. The van der Waals surface area contributed by atoms with E-state index in [2.05, 4.69) is 0 Å². The van der Waals surface area contributed by atoms with Crippen molar-refractivity contribution in [2.45, 2.75) is 17.7 Å². The fourth-order valence-corrected chi connectivity index (χ4v) is 4.56. The molecule has 0 unspecified atom stereocenters. The highest BCUT2D eigenvalue weighted by Crippen LogP contribution is 2.37. The van der Waals surface area contributed by atoms with Gasteiger partial charge in [-0.3, -0.25) is 9.59 Å². The molecule has 1 saturated heterocycles. The summed E-state index contributed by atoms with van der Waals surface area (Å²) in [7, 11) is -3.96. The van der Waals surface area contributed by atoms with Crippen LogP contribution in [0, 0.1) is 5.92 Å². The molecular weight excluding hydrogens is 326 g/mol. The zero-order valence-electron chi connectivity index (χ0n) is 13.1. The highest BCUT2D eigenvalue weighted by molar-refractivity contribution is 7.89. The van der Waals surface area contributed by atoms with Gasteiger partial charge >= 0.3 is 0 Å². The zero-order chi connectivity index (χ0) is 17.3. The van der Waals surface area contributed by atoms with E-state index in [9.17, 15) is 18.0 Å². The second-order valence-corrected chi connectivity index (χ2v) is 7.66. The first-order chi connectivity index (χ1) is 11.4. The normalized spacial score (nSPS) is 21.0. The molecule has 2 aromatic carbocycles. The van der Waals surface area contributed by atoms with Gasteiger partial charge in [0.15, 0.2) is 0 Å². The number of carbonyl (C=O) groups is 2. The number of amides is 1. The van der Waals surface area contributed by atoms with E-state index >= 15 is 0 Å².